The van der Waals surface area contributed by atoms with Crippen molar-refractivity contribution in [3.05, 3.63) is 60.2 Å². The van der Waals surface area contributed by atoms with Crippen LogP contribution in [0.3, 0.4) is 0 Å². The molecule has 2 rings (SSSR count). The third-order valence-electron chi connectivity index (χ3n) is 2.70. The van der Waals surface area contributed by atoms with Gasteiger partial charge in [-0.05, 0) is 11.6 Å². The molecule has 0 aromatic heterocycles. The summed E-state index contributed by atoms with van der Waals surface area (Å²) in [6, 6.07) is 14.9. The van der Waals surface area contributed by atoms with E-state index in [0.717, 1.165) is 0 Å². The summed E-state index contributed by atoms with van der Waals surface area (Å²) in [6.07, 6.45) is 0. The second kappa shape index (κ2) is 6.08. The number of hydrogen-bond acceptors (Lipinski definition) is 4. The zero-order valence-electron chi connectivity index (χ0n) is 10.6. The van der Waals surface area contributed by atoms with Crippen LogP contribution < -0.4 is 10.2 Å². The van der Waals surface area contributed by atoms with E-state index in [2.05, 4.69) is 4.72 Å². The number of sulfonamides is 1. The van der Waals surface area contributed by atoms with Crippen molar-refractivity contribution in [1.29, 1.82) is 0 Å². The topological polar surface area (TPSA) is 86.6 Å². The van der Waals surface area contributed by atoms with Gasteiger partial charge in [0.1, 0.15) is 0 Å². The fourth-order valence-electron chi connectivity index (χ4n) is 1.81. The van der Waals surface area contributed by atoms with Crippen molar-refractivity contribution < 1.29 is 18.5 Å². The van der Waals surface area contributed by atoms with E-state index in [1.165, 1.54) is 12.1 Å². The fourth-order valence-corrected chi connectivity index (χ4v) is 3.04. The van der Waals surface area contributed by atoms with Gasteiger partial charge in [0, 0.05) is 11.2 Å². The van der Waals surface area contributed by atoms with Crippen LogP contribution in [0, 0.1) is 0 Å². The van der Waals surface area contributed by atoms with E-state index in [1.807, 2.05) is 0 Å². The van der Waals surface area contributed by atoms with Crippen molar-refractivity contribution in [2.45, 2.75) is 5.75 Å². The minimum Gasteiger partial charge on any atom is -0.423 e. The van der Waals surface area contributed by atoms with E-state index >= 15 is 0 Å². The lowest BCUT2D eigenvalue weighted by Gasteiger charge is -2.12. The molecule has 3 N–H and O–H groups in total. The third kappa shape index (κ3) is 3.83. The van der Waals surface area contributed by atoms with Crippen molar-refractivity contribution >= 4 is 28.3 Å². The Balaban J connectivity index is 2.21. The lowest BCUT2D eigenvalue weighted by atomic mass is 9.79. The van der Waals surface area contributed by atoms with Crippen molar-refractivity contribution in [2.75, 3.05) is 4.72 Å². The van der Waals surface area contributed by atoms with E-state index in [9.17, 15) is 18.5 Å². The quantitative estimate of drug-likeness (QED) is 0.692. The summed E-state index contributed by atoms with van der Waals surface area (Å²) in [4.78, 5) is 0. The molecular weight excluding hydrogens is 277 g/mol. The fraction of sp³-hybridized carbons (Fsp3) is 0.0769. The molecule has 0 atom stereocenters. The Kier molecular flexibility index (Phi) is 4.44. The lowest BCUT2D eigenvalue weighted by Crippen LogP contribution is -2.33. The van der Waals surface area contributed by atoms with Crippen LogP contribution in [0.25, 0.3) is 0 Å². The first kappa shape index (κ1) is 14.6. The normalized spacial score (nSPS) is 11.1. The van der Waals surface area contributed by atoms with Gasteiger partial charge in [0.15, 0.2) is 0 Å². The maximum absolute atomic E-state index is 12.1. The van der Waals surface area contributed by atoms with Gasteiger partial charge in [0.2, 0.25) is 10.0 Å². The zero-order chi connectivity index (χ0) is 14.6. The molecule has 2 aromatic rings. The molecule has 5 nitrogen and oxygen atoms in total. The molecule has 2 aromatic carbocycles. The molecule has 20 heavy (non-hydrogen) atoms. The lowest BCUT2D eigenvalue weighted by molar-refractivity contribution is 0.426. The highest BCUT2D eigenvalue weighted by Crippen LogP contribution is 2.11. The maximum atomic E-state index is 12.1. The number of para-hydroxylation sites is 1. The number of rotatable bonds is 5. The first-order valence-corrected chi connectivity index (χ1v) is 7.63. The van der Waals surface area contributed by atoms with Gasteiger partial charge >= 0.3 is 7.12 Å². The first-order valence-electron chi connectivity index (χ1n) is 5.97. The van der Waals surface area contributed by atoms with Crippen LogP contribution in [0.5, 0.6) is 0 Å². The van der Waals surface area contributed by atoms with Gasteiger partial charge in [-0.3, -0.25) is 4.72 Å². The van der Waals surface area contributed by atoms with Crippen molar-refractivity contribution in [3.8, 4) is 0 Å². The van der Waals surface area contributed by atoms with E-state index < -0.39 is 17.1 Å². The molecule has 0 fully saturated rings. The van der Waals surface area contributed by atoms with E-state index in [4.69, 9.17) is 0 Å². The second-order valence-corrected chi connectivity index (χ2v) is 6.03. The molecule has 0 spiro atoms. The monoisotopic (exact) mass is 291 g/mol. The van der Waals surface area contributed by atoms with Gasteiger partial charge < -0.3 is 10.0 Å². The minimum atomic E-state index is -3.62. The zero-order valence-corrected chi connectivity index (χ0v) is 11.4. The predicted octanol–water partition coefficient (Wildman–Crippen LogP) is 0.308. The maximum Gasteiger partial charge on any atom is 0.490 e. The second-order valence-electron chi connectivity index (χ2n) is 4.31. The van der Waals surface area contributed by atoms with Crippen LogP contribution in [-0.4, -0.2) is 25.6 Å². The van der Waals surface area contributed by atoms with Gasteiger partial charge in [0.05, 0.1) is 5.75 Å². The van der Waals surface area contributed by atoms with Crippen LogP contribution in [-0.2, 0) is 15.8 Å². The van der Waals surface area contributed by atoms with Crippen molar-refractivity contribution in [2.24, 2.45) is 0 Å². The highest BCUT2D eigenvalue weighted by atomic mass is 32.2. The van der Waals surface area contributed by atoms with E-state index in [-0.39, 0.29) is 16.9 Å². The third-order valence-corrected chi connectivity index (χ3v) is 3.95. The highest BCUT2D eigenvalue weighted by Gasteiger charge is 2.19. The first-order chi connectivity index (χ1) is 9.48. The summed E-state index contributed by atoms with van der Waals surface area (Å²) < 4.78 is 26.5. The molecule has 7 heteroatoms. The molecule has 0 aliphatic rings. The Morgan fingerprint density at radius 1 is 0.950 bits per heavy atom. The van der Waals surface area contributed by atoms with Gasteiger partial charge in [-0.25, -0.2) is 8.42 Å². The molecule has 0 bridgehead atoms. The van der Waals surface area contributed by atoms with Crippen molar-refractivity contribution in [3.63, 3.8) is 0 Å². The predicted molar refractivity (Wildman–Crippen MR) is 79.0 cm³/mol. The minimum absolute atomic E-state index is 0.115. The summed E-state index contributed by atoms with van der Waals surface area (Å²) in [6.45, 7) is 0. The summed E-state index contributed by atoms with van der Waals surface area (Å²) in [5.41, 5.74) is 0.935. The largest absolute Gasteiger partial charge is 0.490 e. The van der Waals surface area contributed by atoms with Gasteiger partial charge in [-0.1, -0.05) is 48.5 Å². The molecule has 104 valence electrons. The summed E-state index contributed by atoms with van der Waals surface area (Å²) in [7, 11) is -5.35. The number of nitrogens with one attached hydrogen (secondary N) is 1. The number of anilines is 1. The van der Waals surface area contributed by atoms with Crippen molar-refractivity contribution in [1.82, 2.24) is 0 Å². The highest BCUT2D eigenvalue weighted by molar-refractivity contribution is 7.91. The van der Waals surface area contributed by atoms with Gasteiger partial charge in [-0.15, -0.1) is 0 Å². The average Bonchev–Trinajstić information content (AvgIpc) is 2.39. The van der Waals surface area contributed by atoms with Gasteiger partial charge in [-0.2, -0.15) is 0 Å². The Hall–Kier alpha value is -1.83. The molecule has 0 amide bonds. The van der Waals surface area contributed by atoms with Gasteiger partial charge in [0.25, 0.3) is 0 Å². The average molecular weight is 291 g/mol. The molecule has 0 radical (unpaired) electrons. The summed E-state index contributed by atoms with van der Waals surface area (Å²) >= 11 is 0. The van der Waals surface area contributed by atoms with Crippen LogP contribution in [0.15, 0.2) is 54.6 Å². The van der Waals surface area contributed by atoms with Crippen LogP contribution in [0.1, 0.15) is 5.56 Å². The summed E-state index contributed by atoms with van der Waals surface area (Å²) in [5.74, 6) is -0.177. The Morgan fingerprint density at radius 2 is 1.55 bits per heavy atom. The van der Waals surface area contributed by atoms with E-state index in [0.29, 0.717) is 5.56 Å². The molecule has 0 heterocycles. The Labute approximate surface area is 118 Å². The molecule has 0 aliphatic heterocycles. The molecule has 0 saturated heterocycles. The van der Waals surface area contributed by atoms with Crippen LogP contribution in [0.2, 0.25) is 0 Å². The standard InChI is InChI=1S/C13H14BNO4S/c16-14(17)12-8-4-5-9-13(12)15-20(18,19)10-11-6-2-1-3-7-11/h1-9,15-17H,10H2. The van der Waals surface area contributed by atoms with Crippen LogP contribution in [0.4, 0.5) is 5.69 Å². The molecule has 0 saturated carbocycles. The molecule has 0 unspecified atom stereocenters. The van der Waals surface area contributed by atoms with E-state index in [1.54, 1.807) is 42.5 Å². The summed E-state index contributed by atoms with van der Waals surface area (Å²) in [5, 5.41) is 18.4. The Morgan fingerprint density at radius 3 is 2.20 bits per heavy atom. The SMILES string of the molecule is O=S(=O)(Cc1ccccc1)Nc1ccccc1B(O)O. The molecular formula is C13H14BNO4S. The molecule has 0 aliphatic carbocycles. The number of hydrogen-bond donors (Lipinski definition) is 3. The number of benzene rings is 2. The smallest absolute Gasteiger partial charge is 0.423 e. The van der Waals surface area contributed by atoms with Crippen LogP contribution >= 0.6 is 0 Å². The Bertz CT molecular complexity index is 674.